The van der Waals surface area contributed by atoms with Crippen LogP contribution in [0.3, 0.4) is 0 Å². The van der Waals surface area contributed by atoms with Crippen LogP contribution in [0.4, 0.5) is 11.5 Å². The molecule has 2 aromatic rings. The first-order valence-electron chi connectivity index (χ1n) is 11.4. The SMILES string of the molecule is CNc1nc(C2CCN(C(=O)CCN(C)c3ccc(OC)cc3)C2)nc2c1CN(C)CC2. The number of nitrogens with zero attached hydrogens (tertiary/aromatic N) is 5. The zero-order valence-corrected chi connectivity index (χ0v) is 19.6. The van der Waals surface area contributed by atoms with E-state index < -0.39 is 0 Å². The Kier molecular flexibility index (Phi) is 6.79. The van der Waals surface area contributed by atoms with Crippen LogP contribution in [0, 0.1) is 0 Å². The zero-order valence-electron chi connectivity index (χ0n) is 19.6. The van der Waals surface area contributed by atoms with Crippen molar-refractivity contribution in [3.05, 3.63) is 41.3 Å². The number of methoxy groups -OCH3 is 1. The average molecular weight is 439 g/mol. The number of rotatable bonds is 7. The summed E-state index contributed by atoms with van der Waals surface area (Å²) in [5.74, 6) is 3.04. The molecule has 1 aromatic carbocycles. The average Bonchev–Trinajstić information content (AvgIpc) is 3.32. The minimum absolute atomic E-state index is 0.196. The van der Waals surface area contributed by atoms with Crippen molar-refractivity contribution in [3.8, 4) is 5.75 Å². The van der Waals surface area contributed by atoms with Gasteiger partial charge in [0.25, 0.3) is 0 Å². The second-order valence-corrected chi connectivity index (χ2v) is 8.79. The predicted molar refractivity (Wildman–Crippen MR) is 126 cm³/mol. The molecule has 1 amide bonds. The van der Waals surface area contributed by atoms with Crippen LogP contribution in [-0.2, 0) is 17.8 Å². The van der Waals surface area contributed by atoms with E-state index in [1.165, 1.54) is 5.56 Å². The summed E-state index contributed by atoms with van der Waals surface area (Å²) < 4.78 is 5.22. The lowest BCUT2D eigenvalue weighted by Crippen LogP contribution is -2.32. The van der Waals surface area contributed by atoms with Crippen LogP contribution < -0.4 is 15.0 Å². The third-order valence-electron chi connectivity index (χ3n) is 6.59. The molecule has 8 heteroatoms. The fraction of sp³-hybridized carbons (Fsp3) is 0.542. The highest BCUT2D eigenvalue weighted by Crippen LogP contribution is 2.30. The molecule has 4 rings (SSSR count). The smallest absolute Gasteiger partial charge is 0.224 e. The normalized spacial score (nSPS) is 18.4. The van der Waals surface area contributed by atoms with E-state index in [1.54, 1.807) is 7.11 Å². The van der Waals surface area contributed by atoms with Gasteiger partial charge in [-0.25, -0.2) is 9.97 Å². The Labute approximate surface area is 190 Å². The number of benzene rings is 1. The highest BCUT2D eigenvalue weighted by atomic mass is 16.5. The van der Waals surface area contributed by atoms with E-state index in [-0.39, 0.29) is 11.8 Å². The number of aromatic nitrogens is 2. The molecule has 0 spiro atoms. The molecular formula is C24H34N6O2. The van der Waals surface area contributed by atoms with E-state index in [0.29, 0.717) is 19.5 Å². The molecule has 0 bridgehead atoms. The summed E-state index contributed by atoms with van der Waals surface area (Å²) in [6.45, 7) is 4.05. The molecule has 1 aromatic heterocycles. The molecule has 0 saturated carbocycles. The van der Waals surface area contributed by atoms with Crippen molar-refractivity contribution in [1.82, 2.24) is 19.8 Å². The van der Waals surface area contributed by atoms with Crippen LogP contribution in [0.2, 0.25) is 0 Å². The first-order chi connectivity index (χ1) is 15.5. The Morgan fingerprint density at radius 2 is 2.03 bits per heavy atom. The Hall–Kier alpha value is -2.87. The Balaban J connectivity index is 1.35. The Morgan fingerprint density at radius 3 is 2.75 bits per heavy atom. The van der Waals surface area contributed by atoms with Crippen molar-refractivity contribution in [2.24, 2.45) is 0 Å². The third kappa shape index (κ3) is 4.80. The number of hydrogen-bond donors (Lipinski definition) is 1. The number of amides is 1. The van der Waals surface area contributed by atoms with Gasteiger partial charge in [-0.05, 0) is 37.7 Å². The molecule has 2 aliphatic rings. The number of ether oxygens (including phenoxy) is 1. The number of carbonyl (C=O) groups is 1. The number of fused-ring (bicyclic) bond motifs is 1. The molecule has 0 aliphatic carbocycles. The van der Waals surface area contributed by atoms with Crippen LogP contribution in [-0.4, -0.2) is 80.1 Å². The van der Waals surface area contributed by atoms with Crippen LogP contribution in [0.1, 0.15) is 35.8 Å². The van der Waals surface area contributed by atoms with Gasteiger partial charge in [0.15, 0.2) is 0 Å². The minimum Gasteiger partial charge on any atom is -0.497 e. The summed E-state index contributed by atoms with van der Waals surface area (Å²) in [4.78, 5) is 29.0. The van der Waals surface area contributed by atoms with Crippen LogP contribution in [0.15, 0.2) is 24.3 Å². The second kappa shape index (κ2) is 9.73. The molecule has 1 atom stereocenters. The molecule has 32 heavy (non-hydrogen) atoms. The number of carbonyl (C=O) groups excluding carboxylic acids is 1. The maximum absolute atomic E-state index is 12.9. The molecular weight excluding hydrogens is 404 g/mol. The highest BCUT2D eigenvalue weighted by Gasteiger charge is 2.31. The number of hydrogen-bond acceptors (Lipinski definition) is 7. The maximum atomic E-state index is 12.9. The van der Waals surface area contributed by atoms with Gasteiger partial charge in [0.2, 0.25) is 5.91 Å². The molecule has 1 N–H and O–H groups in total. The fourth-order valence-corrected chi connectivity index (χ4v) is 4.54. The number of likely N-dealkylation sites (N-methyl/N-ethyl adjacent to an activating group) is 1. The van der Waals surface area contributed by atoms with E-state index in [9.17, 15) is 4.79 Å². The Morgan fingerprint density at radius 1 is 1.25 bits per heavy atom. The van der Waals surface area contributed by atoms with Gasteiger partial charge in [-0.2, -0.15) is 0 Å². The highest BCUT2D eigenvalue weighted by molar-refractivity contribution is 5.77. The molecule has 0 radical (unpaired) electrons. The van der Waals surface area contributed by atoms with Gasteiger partial charge in [-0.15, -0.1) is 0 Å². The summed E-state index contributed by atoms with van der Waals surface area (Å²) >= 11 is 0. The first-order valence-corrected chi connectivity index (χ1v) is 11.4. The van der Waals surface area contributed by atoms with Gasteiger partial charge in [-0.1, -0.05) is 0 Å². The van der Waals surface area contributed by atoms with Crippen molar-refractivity contribution >= 4 is 17.4 Å². The van der Waals surface area contributed by atoms with Gasteiger partial charge in [-0.3, -0.25) is 4.79 Å². The number of anilines is 2. The molecule has 1 saturated heterocycles. The summed E-state index contributed by atoms with van der Waals surface area (Å²) in [6.07, 6.45) is 2.36. The summed E-state index contributed by atoms with van der Waals surface area (Å²) in [6, 6.07) is 7.91. The van der Waals surface area contributed by atoms with Crippen molar-refractivity contribution in [2.45, 2.75) is 31.7 Å². The van der Waals surface area contributed by atoms with Gasteiger partial charge in [0.1, 0.15) is 17.4 Å². The molecule has 172 valence electrons. The van der Waals surface area contributed by atoms with Gasteiger partial charge in [0.05, 0.1) is 12.8 Å². The van der Waals surface area contributed by atoms with Crippen LogP contribution >= 0.6 is 0 Å². The largest absolute Gasteiger partial charge is 0.497 e. The summed E-state index contributed by atoms with van der Waals surface area (Å²) in [5.41, 5.74) is 3.44. The minimum atomic E-state index is 0.196. The van der Waals surface area contributed by atoms with E-state index in [4.69, 9.17) is 14.7 Å². The first kappa shape index (κ1) is 22.3. The van der Waals surface area contributed by atoms with Gasteiger partial charge < -0.3 is 24.8 Å². The molecule has 8 nitrogen and oxygen atoms in total. The van der Waals surface area contributed by atoms with E-state index in [1.807, 2.05) is 43.3 Å². The number of likely N-dealkylation sites (tertiary alicyclic amines) is 1. The van der Waals surface area contributed by atoms with Gasteiger partial charge in [0, 0.05) is 76.8 Å². The van der Waals surface area contributed by atoms with Crippen LogP contribution in [0.25, 0.3) is 0 Å². The monoisotopic (exact) mass is 438 g/mol. The lowest BCUT2D eigenvalue weighted by Gasteiger charge is -2.26. The lowest BCUT2D eigenvalue weighted by atomic mass is 10.0. The fourth-order valence-electron chi connectivity index (χ4n) is 4.54. The van der Waals surface area contributed by atoms with Crippen molar-refractivity contribution in [1.29, 1.82) is 0 Å². The topological polar surface area (TPSA) is 73.8 Å². The number of nitrogens with one attached hydrogen (secondary N) is 1. The standard InChI is InChI=1S/C24H34N6O2/c1-25-24-20-16-28(2)12-10-21(20)26-23(27-24)17-9-14-30(15-17)22(31)11-13-29(3)18-5-7-19(32-4)8-6-18/h5-8,17H,9-16H2,1-4H3,(H,25,26,27). The van der Waals surface area contributed by atoms with E-state index in [0.717, 1.165) is 61.2 Å². The molecule has 1 fully saturated rings. The molecule has 1 unspecified atom stereocenters. The molecule has 2 aliphatic heterocycles. The second-order valence-electron chi connectivity index (χ2n) is 8.79. The Bertz CT molecular complexity index is 931. The van der Waals surface area contributed by atoms with Crippen molar-refractivity contribution in [3.63, 3.8) is 0 Å². The third-order valence-corrected chi connectivity index (χ3v) is 6.59. The quantitative estimate of drug-likeness (QED) is 0.711. The van der Waals surface area contributed by atoms with E-state index in [2.05, 4.69) is 22.2 Å². The van der Waals surface area contributed by atoms with Gasteiger partial charge >= 0.3 is 0 Å². The van der Waals surface area contributed by atoms with Crippen LogP contribution in [0.5, 0.6) is 5.75 Å². The predicted octanol–water partition coefficient (Wildman–Crippen LogP) is 2.36. The van der Waals surface area contributed by atoms with Crippen molar-refractivity contribution < 1.29 is 9.53 Å². The maximum Gasteiger partial charge on any atom is 0.224 e. The summed E-state index contributed by atoms with van der Waals surface area (Å²) in [7, 11) is 7.72. The van der Waals surface area contributed by atoms with E-state index >= 15 is 0 Å². The lowest BCUT2D eigenvalue weighted by molar-refractivity contribution is -0.129. The molecule has 3 heterocycles. The van der Waals surface area contributed by atoms with Crippen molar-refractivity contribution in [2.75, 3.05) is 64.6 Å². The summed E-state index contributed by atoms with van der Waals surface area (Å²) in [5, 5.41) is 3.26. The zero-order chi connectivity index (χ0) is 22.7.